The van der Waals surface area contributed by atoms with Gasteiger partial charge in [-0.25, -0.2) is 0 Å². The maximum atomic E-state index is 12.3. The van der Waals surface area contributed by atoms with Crippen molar-refractivity contribution in [1.29, 1.82) is 0 Å². The van der Waals surface area contributed by atoms with Crippen molar-refractivity contribution in [1.82, 2.24) is 4.90 Å². The van der Waals surface area contributed by atoms with Gasteiger partial charge in [-0.2, -0.15) is 0 Å². The van der Waals surface area contributed by atoms with Crippen molar-refractivity contribution >= 4 is 34.2 Å². The first-order valence-corrected chi connectivity index (χ1v) is 7.96. The topological polar surface area (TPSA) is 32.3 Å². The van der Waals surface area contributed by atoms with E-state index in [9.17, 15) is 4.79 Å². The van der Waals surface area contributed by atoms with Gasteiger partial charge in [-0.15, -0.1) is 0 Å². The smallest absolute Gasteiger partial charge is 0.242 e. The van der Waals surface area contributed by atoms with E-state index in [1.807, 2.05) is 68.6 Å². The van der Waals surface area contributed by atoms with Crippen molar-refractivity contribution in [3.63, 3.8) is 0 Å². The number of nitrogens with zero attached hydrogens (tertiary/aromatic N) is 1. The van der Waals surface area contributed by atoms with Gasteiger partial charge in [0.2, 0.25) is 5.91 Å². The second-order valence-corrected chi connectivity index (χ2v) is 6.20. The summed E-state index contributed by atoms with van der Waals surface area (Å²) in [5.74, 6) is 0.0740. The molecule has 0 fully saturated rings. The van der Waals surface area contributed by atoms with Gasteiger partial charge in [0.15, 0.2) is 0 Å². The molecule has 1 amide bonds. The van der Waals surface area contributed by atoms with E-state index < -0.39 is 0 Å². The highest BCUT2D eigenvalue weighted by Gasteiger charge is 2.16. The van der Waals surface area contributed by atoms with Gasteiger partial charge in [0.1, 0.15) is 0 Å². The largest absolute Gasteiger partial charge is 0.376 e. The lowest BCUT2D eigenvalue weighted by molar-refractivity contribution is -0.129. The number of benzene rings is 2. The van der Waals surface area contributed by atoms with E-state index in [1.54, 1.807) is 4.90 Å². The predicted molar refractivity (Wildman–Crippen MR) is 95.3 cm³/mol. The van der Waals surface area contributed by atoms with Crippen molar-refractivity contribution in [3.05, 3.63) is 63.7 Å². The van der Waals surface area contributed by atoms with Gasteiger partial charge in [0.25, 0.3) is 0 Å². The molecule has 0 heterocycles. The zero-order valence-electron chi connectivity index (χ0n) is 12.2. The van der Waals surface area contributed by atoms with E-state index in [4.69, 9.17) is 0 Å². The molecule has 0 bridgehead atoms. The number of nitrogens with one attached hydrogen (secondary N) is 1. The molecule has 21 heavy (non-hydrogen) atoms. The molecule has 0 saturated carbocycles. The van der Waals surface area contributed by atoms with Crippen molar-refractivity contribution in [2.24, 2.45) is 0 Å². The second kappa shape index (κ2) is 7.45. The molecule has 3 nitrogen and oxygen atoms in total. The third kappa shape index (κ3) is 4.46. The third-order valence-corrected chi connectivity index (χ3v) is 4.26. The molecule has 1 N–H and O–H groups in total. The first-order chi connectivity index (χ1) is 10.1. The number of rotatable bonds is 5. The molecule has 2 rings (SSSR count). The minimum absolute atomic E-state index is 0.0669. The van der Waals surface area contributed by atoms with E-state index in [1.165, 1.54) is 3.57 Å². The fourth-order valence-corrected chi connectivity index (χ4v) is 2.40. The van der Waals surface area contributed by atoms with E-state index in [0.717, 1.165) is 11.3 Å². The lowest BCUT2D eigenvalue weighted by Gasteiger charge is -2.25. The van der Waals surface area contributed by atoms with Crippen LogP contribution < -0.4 is 5.32 Å². The maximum Gasteiger partial charge on any atom is 0.242 e. The van der Waals surface area contributed by atoms with E-state index in [2.05, 4.69) is 27.9 Å². The molecule has 0 aliphatic carbocycles. The van der Waals surface area contributed by atoms with Crippen LogP contribution in [-0.2, 0) is 4.79 Å². The Labute approximate surface area is 139 Å². The quantitative estimate of drug-likeness (QED) is 0.780. The molecule has 0 radical (unpaired) electrons. The van der Waals surface area contributed by atoms with Crippen molar-refractivity contribution < 1.29 is 4.79 Å². The molecule has 0 unspecified atom stereocenters. The van der Waals surface area contributed by atoms with Gasteiger partial charge in [-0.1, -0.05) is 30.3 Å². The molecule has 0 spiro atoms. The van der Waals surface area contributed by atoms with Crippen LogP contribution in [0.25, 0.3) is 0 Å². The van der Waals surface area contributed by atoms with Crippen LogP contribution in [0.5, 0.6) is 0 Å². The molecule has 0 aliphatic rings. The number of carbonyl (C=O) groups is 1. The van der Waals surface area contributed by atoms with Crippen LogP contribution in [0.3, 0.4) is 0 Å². The SMILES string of the molecule is C[C@H](c1ccccc1)N(C)C(=O)CNc1ccc(I)cc1. The number of carbonyl (C=O) groups excluding carboxylic acids is 1. The molecule has 0 aliphatic heterocycles. The van der Waals surface area contributed by atoms with Crippen LogP contribution in [-0.4, -0.2) is 24.4 Å². The first-order valence-electron chi connectivity index (χ1n) is 6.88. The summed E-state index contributed by atoms with van der Waals surface area (Å²) in [7, 11) is 1.84. The Bertz CT molecular complexity index is 583. The molecular formula is C17H19IN2O. The minimum atomic E-state index is 0.0669. The summed E-state index contributed by atoms with van der Waals surface area (Å²) in [5, 5.41) is 3.16. The van der Waals surface area contributed by atoms with Gasteiger partial charge in [-0.3, -0.25) is 4.79 Å². The highest BCUT2D eigenvalue weighted by Crippen LogP contribution is 2.18. The number of hydrogen-bond donors (Lipinski definition) is 1. The monoisotopic (exact) mass is 394 g/mol. The Morgan fingerprint density at radius 3 is 2.38 bits per heavy atom. The van der Waals surface area contributed by atoms with Crippen LogP contribution in [0.15, 0.2) is 54.6 Å². The van der Waals surface area contributed by atoms with Gasteiger partial charge in [-0.05, 0) is 59.3 Å². The zero-order valence-corrected chi connectivity index (χ0v) is 14.4. The van der Waals surface area contributed by atoms with E-state index in [0.29, 0.717) is 6.54 Å². The normalized spacial score (nSPS) is 11.8. The summed E-state index contributed by atoms with van der Waals surface area (Å²) in [5.41, 5.74) is 2.10. The highest BCUT2D eigenvalue weighted by atomic mass is 127. The number of halogens is 1. The van der Waals surface area contributed by atoms with Gasteiger partial charge in [0.05, 0.1) is 12.6 Å². The van der Waals surface area contributed by atoms with Crippen molar-refractivity contribution in [2.45, 2.75) is 13.0 Å². The average Bonchev–Trinajstić information content (AvgIpc) is 2.53. The molecule has 2 aromatic carbocycles. The summed E-state index contributed by atoms with van der Waals surface area (Å²) >= 11 is 2.26. The fourth-order valence-electron chi connectivity index (χ4n) is 2.04. The highest BCUT2D eigenvalue weighted by molar-refractivity contribution is 14.1. The van der Waals surface area contributed by atoms with Crippen LogP contribution in [0.2, 0.25) is 0 Å². The van der Waals surface area contributed by atoms with Crippen molar-refractivity contribution in [3.8, 4) is 0 Å². The lowest BCUT2D eigenvalue weighted by atomic mass is 10.1. The Morgan fingerprint density at radius 2 is 1.76 bits per heavy atom. The van der Waals surface area contributed by atoms with E-state index in [-0.39, 0.29) is 11.9 Å². The number of hydrogen-bond acceptors (Lipinski definition) is 2. The van der Waals surface area contributed by atoms with Gasteiger partial charge < -0.3 is 10.2 Å². The van der Waals surface area contributed by atoms with Crippen LogP contribution in [0, 0.1) is 3.57 Å². The first kappa shape index (κ1) is 15.8. The predicted octanol–water partition coefficient (Wildman–Crippen LogP) is 3.92. The van der Waals surface area contributed by atoms with Crippen LogP contribution in [0.4, 0.5) is 5.69 Å². The molecular weight excluding hydrogens is 375 g/mol. The minimum Gasteiger partial charge on any atom is -0.376 e. The Hall–Kier alpha value is -1.56. The zero-order chi connectivity index (χ0) is 15.2. The van der Waals surface area contributed by atoms with Crippen LogP contribution in [0.1, 0.15) is 18.5 Å². The molecule has 110 valence electrons. The maximum absolute atomic E-state index is 12.3. The lowest BCUT2D eigenvalue weighted by Crippen LogP contribution is -2.34. The molecule has 2 aromatic rings. The van der Waals surface area contributed by atoms with Crippen LogP contribution >= 0.6 is 22.6 Å². The third-order valence-electron chi connectivity index (χ3n) is 3.54. The second-order valence-electron chi connectivity index (χ2n) is 4.95. The number of amides is 1. The summed E-state index contributed by atoms with van der Waals surface area (Å²) in [4.78, 5) is 14.0. The molecule has 0 aromatic heterocycles. The summed E-state index contributed by atoms with van der Waals surface area (Å²) < 4.78 is 1.18. The summed E-state index contributed by atoms with van der Waals surface area (Å²) in [6, 6.07) is 18.1. The van der Waals surface area contributed by atoms with Gasteiger partial charge in [0, 0.05) is 16.3 Å². The van der Waals surface area contributed by atoms with Crippen molar-refractivity contribution in [2.75, 3.05) is 18.9 Å². The Balaban J connectivity index is 1.92. The Kier molecular flexibility index (Phi) is 5.61. The average molecular weight is 394 g/mol. The fraction of sp³-hybridized carbons (Fsp3) is 0.235. The molecule has 1 atom stereocenters. The summed E-state index contributed by atoms with van der Waals surface area (Å²) in [6.45, 7) is 2.34. The van der Waals surface area contributed by atoms with Gasteiger partial charge >= 0.3 is 0 Å². The Morgan fingerprint density at radius 1 is 1.14 bits per heavy atom. The number of likely N-dealkylation sites (N-methyl/N-ethyl adjacent to an activating group) is 1. The molecule has 4 heteroatoms. The number of anilines is 1. The standard InChI is InChI=1S/C17H19IN2O/c1-13(14-6-4-3-5-7-14)20(2)17(21)12-19-16-10-8-15(18)9-11-16/h3-11,13,19H,12H2,1-2H3/t13-/m1/s1. The summed E-state index contributed by atoms with van der Waals surface area (Å²) in [6.07, 6.45) is 0. The van der Waals surface area contributed by atoms with E-state index >= 15 is 0 Å². The molecule has 0 saturated heterocycles.